The number of piperidine rings is 1. The Labute approximate surface area is 163 Å². The second-order valence-electron chi connectivity index (χ2n) is 8.12. The van der Waals surface area contributed by atoms with Crippen molar-refractivity contribution in [3.63, 3.8) is 0 Å². The molecule has 28 heavy (non-hydrogen) atoms. The molecule has 1 aromatic carbocycles. The number of nitrogens with one attached hydrogen (secondary N) is 1. The standard InChI is InChI=1S/C21H24FN5O/c22-14-4-2-13(3-5-14)19-7-6-18(23)20(24-19)25-21(28)27-11-16-15(17(16)12-27)10-26-8-1-9-26/h2-7,15-17H,1,8-12,23H2,(H,24,25,28)/t15?,16-,17?/m1/s1. The van der Waals surface area contributed by atoms with Crippen molar-refractivity contribution in [2.75, 3.05) is 43.8 Å². The largest absolute Gasteiger partial charge is 0.396 e. The fourth-order valence-corrected chi connectivity index (χ4v) is 4.48. The number of nitrogen functional groups attached to an aromatic ring is 1. The molecule has 5 rings (SSSR count). The summed E-state index contributed by atoms with van der Waals surface area (Å²) in [5, 5.41) is 2.86. The van der Waals surface area contributed by atoms with Crippen molar-refractivity contribution in [3.05, 3.63) is 42.2 Å². The minimum absolute atomic E-state index is 0.148. The lowest BCUT2D eigenvalue weighted by Crippen LogP contribution is -2.41. The highest BCUT2D eigenvalue weighted by atomic mass is 19.1. The van der Waals surface area contributed by atoms with E-state index in [1.54, 1.807) is 24.3 Å². The number of aromatic nitrogens is 1. The molecule has 2 aliphatic heterocycles. The summed E-state index contributed by atoms with van der Waals surface area (Å²) in [4.78, 5) is 21.5. The monoisotopic (exact) mass is 381 g/mol. The third kappa shape index (κ3) is 3.20. The number of likely N-dealkylation sites (tertiary alicyclic amines) is 2. The minimum atomic E-state index is -0.298. The normalized spacial score (nSPS) is 25.9. The first-order chi connectivity index (χ1) is 13.6. The van der Waals surface area contributed by atoms with Gasteiger partial charge in [-0.2, -0.15) is 0 Å². The molecule has 7 heteroatoms. The zero-order chi connectivity index (χ0) is 19.3. The molecular formula is C21H24FN5O. The molecule has 3 aliphatic rings. The number of hydrogen-bond donors (Lipinski definition) is 2. The number of nitrogens with two attached hydrogens (primary N) is 1. The second kappa shape index (κ2) is 6.74. The van der Waals surface area contributed by atoms with Crippen molar-refractivity contribution in [2.24, 2.45) is 17.8 Å². The van der Waals surface area contributed by atoms with E-state index in [4.69, 9.17) is 5.73 Å². The van der Waals surface area contributed by atoms with E-state index >= 15 is 0 Å². The number of hydrogen-bond acceptors (Lipinski definition) is 4. The molecule has 1 aliphatic carbocycles. The third-order valence-electron chi connectivity index (χ3n) is 6.37. The van der Waals surface area contributed by atoms with E-state index in [2.05, 4.69) is 15.2 Å². The van der Waals surface area contributed by atoms with E-state index in [1.165, 1.54) is 38.2 Å². The number of nitrogens with zero attached hydrogens (tertiary/aromatic N) is 3. The average Bonchev–Trinajstić information content (AvgIpc) is 3.08. The van der Waals surface area contributed by atoms with Gasteiger partial charge < -0.3 is 15.5 Å². The zero-order valence-electron chi connectivity index (χ0n) is 15.6. The van der Waals surface area contributed by atoms with Gasteiger partial charge in [0.2, 0.25) is 0 Å². The Hall–Kier alpha value is -2.67. The Kier molecular flexibility index (Phi) is 4.19. The highest BCUT2D eigenvalue weighted by Gasteiger charge is 2.56. The van der Waals surface area contributed by atoms with Crippen molar-refractivity contribution in [1.29, 1.82) is 0 Å². The lowest BCUT2D eigenvalue weighted by Gasteiger charge is -2.31. The van der Waals surface area contributed by atoms with Gasteiger partial charge in [0.25, 0.3) is 0 Å². The first-order valence-electron chi connectivity index (χ1n) is 9.89. The maximum atomic E-state index is 13.1. The van der Waals surface area contributed by atoms with Crippen molar-refractivity contribution >= 4 is 17.5 Å². The van der Waals surface area contributed by atoms with Crippen molar-refractivity contribution in [3.8, 4) is 11.3 Å². The third-order valence-corrected chi connectivity index (χ3v) is 6.37. The van der Waals surface area contributed by atoms with Crippen LogP contribution >= 0.6 is 0 Å². The fraction of sp³-hybridized carbons (Fsp3) is 0.429. The Morgan fingerprint density at radius 1 is 1.14 bits per heavy atom. The van der Waals surface area contributed by atoms with Crippen LogP contribution in [0.15, 0.2) is 36.4 Å². The molecule has 3 atom stereocenters. The summed E-state index contributed by atoms with van der Waals surface area (Å²) < 4.78 is 13.1. The van der Waals surface area contributed by atoms with Gasteiger partial charge in [-0.3, -0.25) is 5.32 Å². The summed E-state index contributed by atoms with van der Waals surface area (Å²) in [6, 6.07) is 9.43. The number of benzene rings is 1. The zero-order valence-corrected chi connectivity index (χ0v) is 15.6. The van der Waals surface area contributed by atoms with Gasteiger partial charge in [0.1, 0.15) is 5.82 Å². The molecule has 1 saturated carbocycles. The van der Waals surface area contributed by atoms with Crippen molar-refractivity contribution in [1.82, 2.24) is 14.8 Å². The van der Waals surface area contributed by atoms with Crippen molar-refractivity contribution < 1.29 is 9.18 Å². The van der Waals surface area contributed by atoms with Gasteiger partial charge in [-0.15, -0.1) is 0 Å². The first-order valence-corrected chi connectivity index (χ1v) is 9.89. The quantitative estimate of drug-likeness (QED) is 0.854. The van der Waals surface area contributed by atoms with Crippen LogP contribution < -0.4 is 11.1 Å². The highest BCUT2D eigenvalue weighted by Crippen LogP contribution is 2.52. The average molecular weight is 381 g/mol. The molecule has 0 spiro atoms. The second-order valence-corrected chi connectivity index (χ2v) is 8.12. The lowest BCUT2D eigenvalue weighted by atomic mass is 10.1. The molecule has 1 aromatic heterocycles. The lowest BCUT2D eigenvalue weighted by molar-refractivity contribution is 0.159. The summed E-state index contributed by atoms with van der Waals surface area (Å²) in [6.07, 6.45) is 1.32. The molecule has 0 radical (unpaired) electrons. The SMILES string of the molecule is Nc1ccc(-c2ccc(F)cc2)nc1NC(=O)N1CC2C(CN3CCC3)[C@H]2C1. The van der Waals surface area contributed by atoms with Gasteiger partial charge in [0, 0.05) is 25.2 Å². The minimum Gasteiger partial charge on any atom is -0.396 e. The number of pyridine rings is 1. The maximum Gasteiger partial charge on any atom is 0.323 e. The van der Waals surface area contributed by atoms with Crippen LogP contribution in [-0.2, 0) is 0 Å². The maximum absolute atomic E-state index is 13.1. The molecule has 146 valence electrons. The molecule has 3 fully saturated rings. The molecule has 2 amide bonds. The first kappa shape index (κ1) is 17.4. The number of carbonyl (C=O) groups excluding carboxylic acids is 1. The molecule has 2 unspecified atom stereocenters. The van der Waals surface area contributed by atoms with Gasteiger partial charge in [0.05, 0.1) is 11.4 Å². The van der Waals surface area contributed by atoms with Crippen LogP contribution in [0.5, 0.6) is 0 Å². The Balaban J connectivity index is 1.22. The van der Waals surface area contributed by atoms with Crippen LogP contribution in [0.3, 0.4) is 0 Å². The number of amides is 2. The van der Waals surface area contributed by atoms with Crippen LogP contribution in [0.2, 0.25) is 0 Å². The van der Waals surface area contributed by atoms with E-state index in [1.807, 2.05) is 4.90 Å². The van der Waals surface area contributed by atoms with Crippen LogP contribution in [0.25, 0.3) is 11.3 Å². The number of rotatable bonds is 4. The number of urea groups is 1. The molecule has 0 bridgehead atoms. The van der Waals surface area contributed by atoms with Crippen LogP contribution in [0, 0.1) is 23.6 Å². The number of halogens is 1. The fourth-order valence-electron chi connectivity index (χ4n) is 4.48. The molecule has 2 saturated heterocycles. The smallest absolute Gasteiger partial charge is 0.323 e. The highest BCUT2D eigenvalue weighted by molar-refractivity contribution is 5.92. The van der Waals surface area contributed by atoms with E-state index in [0.717, 1.165) is 24.6 Å². The van der Waals surface area contributed by atoms with Gasteiger partial charge in [-0.1, -0.05) is 0 Å². The van der Waals surface area contributed by atoms with Crippen molar-refractivity contribution in [2.45, 2.75) is 6.42 Å². The molecule has 2 aromatic rings. The van der Waals surface area contributed by atoms with Crippen LogP contribution in [0.1, 0.15) is 6.42 Å². The molecule has 3 N–H and O–H groups in total. The van der Waals surface area contributed by atoms with E-state index in [9.17, 15) is 9.18 Å². The summed E-state index contributed by atoms with van der Waals surface area (Å²) in [7, 11) is 0. The molecule has 3 heterocycles. The number of carbonyl (C=O) groups is 1. The van der Waals surface area contributed by atoms with Gasteiger partial charge in [0.15, 0.2) is 5.82 Å². The van der Waals surface area contributed by atoms with Crippen LogP contribution in [0.4, 0.5) is 20.7 Å². The topological polar surface area (TPSA) is 74.5 Å². The van der Waals surface area contributed by atoms with E-state index in [0.29, 0.717) is 29.0 Å². The predicted octanol–water partition coefficient (Wildman–Crippen LogP) is 2.89. The Bertz CT molecular complexity index is 886. The summed E-state index contributed by atoms with van der Waals surface area (Å²) >= 11 is 0. The number of fused-ring (bicyclic) bond motifs is 1. The van der Waals surface area contributed by atoms with E-state index < -0.39 is 0 Å². The van der Waals surface area contributed by atoms with Gasteiger partial charge in [-0.25, -0.2) is 14.2 Å². The summed E-state index contributed by atoms with van der Waals surface area (Å²) in [5.74, 6) is 2.09. The number of anilines is 2. The molecular weight excluding hydrogens is 357 g/mol. The Morgan fingerprint density at radius 2 is 1.86 bits per heavy atom. The predicted molar refractivity (Wildman–Crippen MR) is 106 cm³/mol. The molecule has 6 nitrogen and oxygen atoms in total. The summed E-state index contributed by atoms with van der Waals surface area (Å²) in [6.45, 7) is 5.28. The van der Waals surface area contributed by atoms with Crippen LogP contribution in [-0.4, -0.2) is 53.5 Å². The summed E-state index contributed by atoms with van der Waals surface area (Å²) in [5.41, 5.74) is 7.84. The van der Waals surface area contributed by atoms with Gasteiger partial charge >= 0.3 is 6.03 Å². The van der Waals surface area contributed by atoms with E-state index in [-0.39, 0.29) is 11.8 Å². The Morgan fingerprint density at radius 3 is 2.50 bits per heavy atom. The van der Waals surface area contributed by atoms with Gasteiger partial charge in [-0.05, 0) is 73.7 Å².